The molecule has 0 fully saturated rings. The molecule has 0 radical (unpaired) electrons. The van der Waals surface area contributed by atoms with Crippen LogP contribution >= 0.6 is 22.9 Å². The minimum Gasteiger partial charge on any atom is -0.468 e. The number of aliphatic hydroxyl groups excluding tert-OH is 1. The van der Waals surface area contributed by atoms with Gasteiger partial charge in [-0.25, -0.2) is 4.98 Å². The summed E-state index contributed by atoms with van der Waals surface area (Å²) in [6.07, 6.45) is 0.939. The van der Waals surface area contributed by atoms with E-state index in [0.717, 1.165) is 16.9 Å². The number of hydrogen-bond acceptors (Lipinski definition) is 7. The van der Waals surface area contributed by atoms with Crippen molar-refractivity contribution in [3.8, 4) is 11.1 Å². The number of furan rings is 1. The number of thiophene rings is 1. The molecule has 0 saturated carbocycles. The van der Waals surface area contributed by atoms with Crippen molar-refractivity contribution in [2.45, 2.75) is 33.0 Å². The fourth-order valence-electron chi connectivity index (χ4n) is 3.72. The molecule has 7 nitrogen and oxygen atoms in total. The van der Waals surface area contributed by atoms with Crippen molar-refractivity contribution in [1.29, 1.82) is 0 Å². The molecule has 34 heavy (non-hydrogen) atoms. The summed E-state index contributed by atoms with van der Waals surface area (Å²) >= 11 is 7.44. The van der Waals surface area contributed by atoms with E-state index >= 15 is 0 Å². The predicted molar refractivity (Wildman–Crippen MR) is 135 cm³/mol. The lowest BCUT2D eigenvalue weighted by Crippen LogP contribution is -2.35. The van der Waals surface area contributed by atoms with E-state index in [9.17, 15) is 9.90 Å². The fraction of sp³-hybridized carbons (Fsp3) is 0.360. The van der Waals surface area contributed by atoms with Crippen LogP contribution in [0.3, 0.4) is 0 Å². The highest BCUT2D eigenvalue weighted by atomic mass is 35.5. The van der Waals surface area contributed by atoms with Gasteiger partial charge in [-0.3, -0.25) is 9.69 Å². The van der Waals surface area contributed by atoms with Gasteiger partial charge in [0.15, 0.2) is 0 Å². The highest BCUT2D eigenvalue weighted by molar-refractivity contribution is 7.17. The zero-order valence-electron chi connectivity index (χ0n) is 19.2. The van der Waals surface area contributed by atoms with Gasteiger partial charge in [-0.05, 0) is 35.7 Å². The second-order valence-electron chi connectivity index (χ2n) is 8.68. The van der Waals surface area contributed by atoms with Gasteiger partial charge in [0.25, 0.3) is 5.56 Å². The summed E-state index contributed by atoms with van der Waals surface area (Å²) in [7, 11) is 0. The molecule has 9 heteroatoms. The van der Waals surface area contributed by atoms with E-state index in [4.69, 9.17) is 25.7 Å². The van der Waals surface area contributed by atoms with Crippen molar-refractivity contribution in [3.63, 3.8) is 0 Å². The smallest absolute Gasteiger partial charge is 0.260 e. The maximum Gasteiger partial charge on any atom is 0.260 e. The lowest BCUT2D eigenvalue weighted by atomic mass is 10.1. The molecular formula is C25H28ClN3O4S. The third-order valence-electron chi connectivity index (χ3n) is 5.21. The summed E-state index contributed by atoms with van der Waals surface area (Å²) in [6.45, 7) is 6.13. The van der Waals surface area contributed by atoms with Gasteiger partial charge in [0, 0.05) is 29.1 Å². The summed E-state index contributed by atoms with van der Waals surface area (Å²) in [4.78, 5) is 23.3. The third kappa shape index (κ3) is 6.34. The molecule has 1 unspecified atom stereocenters. The number of nitrogens with one attached hydrogen (secondary N) is 1. The Morgan fingerprint density at radius 2 is 2.00 bits per heavy atom. The van der Waals surface area contributed by atoms with Crippen LogP contribution in [0, 0.1) is 5.92 Å². The number of benzene rings is 1. The van der Waals surface area contributed by atoms with Gasteiger partial charge < -0.3 is 19.2 Å². The molecule has 0 saturated heterocycles. The third-order valence-corrected chi connectivity index (χ3v) is 6.34. The number of H-pyrrole nitrogens is 1. The van der Waals surface area contributed by atoms with Crippen molar-refractivity contribution in [2.24, 2.45) is 5.92 Å². The lowest BCUT2D eigenvalue weighted by molar-refractivity contribution is 0.00421. The Balaban J connectivity index is 1.54. The highest BCUT2D eigenvalue weighted by Crippen LogP contribution is 2.31. The topological polar surface area (TPSA) is 91.6 Å². The zero-order chi connectivity index (χ0) is 24.1. The fourth-order valence-corrected chi connectivity index (χ4v) is 4.81. The van der Waals surface area contributed by atoms with Gasteiger partial charge in [-0.15, -0.1) is 11.3 Å². The van der Waals surface area contributed by atoms with Crippen LogP contribution < -0.4 is 5.56 Å². The van der Waals surface area contributed by atoms with Gasteiger partial charge in [-0.1, -0.05) is 37.6 Å². The molecule has 0 aliphatic rings. The first kappa shape index (κ1) is 24.6. The molecule has 1 atom stereocenters. The van der Waals surface area contributed by atoms with Gasteiger partial charge in [0.05, 0.1) is 37.4 Å². The number of rotatable bonds is 11. The van der Waals surface area contributed by atoms with Crippen molar-refractivity contribution in [3.05, 3.63) is 75.0 Å². The Morgan fingerprint density at radius 1 is 1.21 bits per heavy atom. The molecule has 3 aromatic heterocycles. The van der Waals surface area contributed by atoms with E-state index in [1.165, 1.54) is 11.3 Å². The van der Waals surface area contributed by atoms with Crippen molar-refractivity contribution >= 4 is 33.2 Å². The van der Waals surface area contributed by atoms with E-state index in [-0.39, 0.29) is 12.2 Å². The minimum atomic E-state index is -0.678. The summed E-state index contributed by atoms with van der Waals surface area (Å²) < 4.78 is 11.1. The van der Waals surface area contributed by atoms with Crippen LogP contribution in [0.2, 0.25) is 5.02 Å². The minimum absolute atomic E-state index is 0.190. The average molecular weight is 502 g/mol. The Kier molecular flexibility index (Phi) is 8.18. The maximum atomic E-state index is 13.0. The van der Waals surface area contributed by atoms with Crippen molar-refractivity contribution in [1.82, 2.24) is 14.9 Å². The maximum absolute atomic E-state index is 13.0. The molecule has 0 aliphatic carbocycles. The summed E-state index contributed by atoms with van der Waals surface area (Å²) in [5.41, 5.74) is 1.56. The second-order valence-corrected chi connectivity index (χ2v) is 9.98. The van der Waals surface area contributed by atoms with Gasteiger partial charge in [-0.2, -0.15) is 0 Å². The molecule has 2 N–H and O–H groups in total. The number of ether oxygens (including phenoxy) is 1. The monoisotopic (exact) mass is 501 g/mol. The number of nitrogens with zero attached hydrogens (tertiary/aromatic N) is 2. The van der Waals surface area contributed by atoms with Crippen molar-refractivity contribution in [2.75, 3.05) is 19.8 Å². The van der Waals surface area contributed by atoms with Crippen LogP contribution in [0.15, 0.2) is 57.3 Å². The number of fused-ring (bicyclic) bond motifs is 1. The van der Waals surface area contributed by atoms with E-state index in [2.05, 4.69) is 18.8 Å². The van der Waals surface area contributed by atoms with Crippen molar-refractivity contribution < 1.29 is 14.3 Å². The predicted octanol–water partition coefficient (Wildman–Crippen LogP) is 4.93. The molecule has 4 aromatic rings. The number of aromatic nitrogens is 2. The lowest BCUT2D eigenvalue weighted by Gasteiger charge is -2.24. The second kappa shape index (κ2) is 11.3. The van der Waals surface area contributed by atoms with Crippen LogP contribution in [-0.4, -0.2) is 45.8 Å². The number of aromatic amines is 1. The van der Waals surface area contributed by atoms with E-state index < -0.39 is 6.10 Å². The number of halogens is 1. The largest absolute Gasteiger partial charge is 0.468 e. The average Bonchev–Trinajstić information content (AvgIpc) is 3.44. The summed E-state index contributed by atoms with van der Waals surface area (Å²) in [5, 5.41) is 13.7. The standard InChI is InChI=1S/C25H28ClN3O4S/c1-16(2)13-32-14-19(30)10-29(11-20-4-3-9-33-20)12-22-27-24(31)23-21(15-34-25(23)28-22)17-5-7-18(26)8-6-17/h3-9,15-16,19,30H,10-14H2,1-2H3,(H,27,28,31). The normalized spacial score (nSPS) is 12.8. The number of aliphatic hydroxyl groups is 1. The van der Waals surface area contributed by atoms with Gasteiger partial charge in [0.1, 0.15) is 16.4 Å². The van der Waals surface area contributed by atoms with Crippen LogP contribution in [-0.2, 0) is 17.8 Å². The van der Waals surface area contributed by atoms with Gasteiger partial charge in [0.2, 0.25) is 0 Å². The number of hydrogen-bond donors (Lipinski definition) is 2. The summed E-state index contributed by atoms with van der Waals surface area (Å²) in [6, 6.07) is 11.1. The Hall–Kier alpha value is -2.49. The summed E-state index contributed by atoms with van der Waals surface area (Å²) in [5.74, 6) is 1.69. The molecule has 4 rings (SSSR count). The quantitative estimate of drug-likeness (QED) is 0.302. The van der Waals surface area contributed by atoms with E-state index in [0.29, 0.717) is 53.2 Å². The first-order valence-electron chi connectivity index (χ1n) is 11.2. The molecule has 0 aliphatic heterocycles. The van der Waals surface area contributed by atoms with Gasteiger partial charge >= 0.3 is 0 Å². The zero-order valence-corrected chi connectivity index (χ0v) is 20.7. The molecule has 180 valence electrons. The highest BCUT2D eigenvalue weighted by Gasteiger charge is 2.18. The van der Waals surface area contributed by atoms with E-state index in [1.807, 2.05) is 34.5 Å². The molecule has 3 heterocycles. The first-order valence-corrected chi connectivity index (χ1v) is 12.4. The molecular weight excluding hydrogens is 474 g/mol. The van der Waals surface area contributed by atoms with Crippen LogP contribution in [0.25, 0.3) is 21.3 Å². The molecule has 0 amide bonds. The van der Waals surface area contributed by atoms with Crippen LogP contribution in [0.1, 0.15) is 25.4 Å². The Bertz CT molecular complexity index is 1250. The molecule has 0 bridgehead atoms. The van der Waals surface area contributed by atoms with E-state index in [1.54, 1.807) is 18.4 Å². The Morgan fingerprint density at radius 3 is 2.71 bits per heavy atom. The molecule has 1 aromatic carbocycles. The molecule has 0 spiro atoms. The first-order chi connectivity index (χ1) is 16.4. The Labute approximate surface area is 207 Å². The van der Waals surface area contributed by atoms with Crippen LogP contribution in [0.5, 0.6) is 0 Å². The SMILES string of the molecule is CC(C)COCC(O)CN(Cc1nc2scc(-c3ccc(Cl)cc3)c2c(=O)[nH]1)Cc1ccco1. The van der Waals surface area contributed by atoms with Crippen LogP contribution in [0.4, 0.5) is 0 Å².